The van der Waals surface area contributed by atoms with E-state index in [0.29, 0.717) is 5.56 Å². The molecule has 2 heterocycles. The number of hydrogen-bond acceptors (Lipinski definition) is 3. The van der Waals surface area contributed by atoms with Gasteiger partial charge >= 0.3 is 0 Å². The number of hydrogen-bond donors (Lipinski definition) is 1. The second-order valence-electron chi connectivity index (χ2n) is 6.33. The van der Waals surface area contributed by atoms with E-state index in [2.05, 4.69) is 15.2 Å². The quantitative estimate of drug-likeness (QED) is 0.941. The molecule has 0 saturated carbocycles. The molecule has 24 heavy (non-hydrogen) atoms. The summed E-state index contributed by atoms with van der Waals surface area (Å²) >= 11 is 0. The normalized spacial score (nSPS) is 15.4. The second-order valence-corrected chi connectivity index (χ2v) is 6.33. The average molecular weight is 327 g/mol. The maximum atomic E-state index is 13.8. The molecule has 1 aliphatic heterocycles. The summed E-state index contributed by atoms with van der Waals surface area (Å²) in [6.45, 7) is 5.08. The molecule has 0 spiro atoms. The Balaban J connectivity index is 1.74. The van der Waals surface area contributed by atoms with Gasteiger partial charge in [-0.25, -0.2) is 4.39 Å². The second kappa shape index (κ2) is 6.99. The minimum absolute atomic E-state index is 0.0287. The van der Waals surface area contributed by atoms with Crippen molar-refractivity contribution in [1.29, 1.82) is 0 Å². The van der Waals surface area contributed by atoms with Crippen LogP contribution in [0, 0.1) is 12.7 Å². The monoisotopic (exact) mass is 327 g/mol. The molecule has 4 nitrogen and oxygen atoms in total. The van der Waals surface area contributed by atoms with Crippen LogP contribution >= 0.6 is 0 Å². The number of benzene rings is 1. The highest BCUT2D eigenvalue weighted by molar-refractivity contribution is 5.73. The summed E-state index contributed by atoms with van der Waals surface area (Å²) in [6, 6.07) is 9.44. The van der Waals surface area contributed by atoms with Crippen LogP contribution in [0.2, 0.25) is 0 Å². The van der Waals surface area contributed by atoms with E-state index in [1.165, 1.54) is 6.07 Å². The molecule has 1 aromatic heterocycles. The van der Waals surface area contributed by atoms with Crippen molar-refractivity contribution in [2.24, 2.45) is 0 Å². The summed E-state index contributed by atoms with van der Waals surface area (Å²) in [4.78, 5) is 17.8. The number of halogens is 1. The van der Waals surface area contributed by atoms with Crippen molar-refractivity contribution in [2.45, 2.75) is 32.7 Å². The van der Waals surface area contributed by atoms with Crippen molar-refractivity contribution >= 4 is 11.6 Å². The van der Waals surface area contributed by atoms with Crippen molar-refractivity contribution in [3.05, 3.63) is 47.9 Å². The van der Waals surface area contributed by atoms with Gasteiger partial charge in [0.05, 0.1) is 5.69 Å². The van der Waals surface area contributed by atoms with Gasteiger partial charge in [0.25, 0.3) is 0 Å². The number of carbonyl (C=O) groups is 1. The molecular weight excluding hydrogens is 305 g/mol. The number of anilines is 1. The minimum Gasteiger partial charge on any atom is -0.371 e. The zero-order chi connectivity index (χ0) is 17.1. The highest BCUT2D eigenvalue weighted by Gasteiger charge is 2.20. The summed E-state index contributed by atoms with van der Waals surface area (Å²) in [5, 5.41) is 2.98. The fraction of sp³-hybridized carbons (Fsp3) is 0.368. The van der Waals surface area contributed by atoms with Crippen LogP contribution < -0.4 is 10.2 Å². The van der Waals surface area contributed by atoms with Gasteiger partial charge in [0.1, 0.15) is 5.82 Å². The van der Waals surface area contributed by atoms with Gasteiger partial charge in [-0.1, -0.05) is 12.1 Å². The van der Waals surface area contributed by atoms with E-state index >= 15 is 0 Å². The lowest BCUT2D eigenvalue weighted by molar-refractivity contribution is -0.119. The molecule has 1 fully saturated rings. The number of pyridine rings is 1. The lowest BCUT2D eigenvalue weighted by Gasteiger charge is -2.33. The Morgan fingerprint density at radius 1 is 1.25 bits per heavy atom. The van der Waals surface area contributed by atoms with E-state index in [0.717, 1.165) is 42.9 Å². The molecule has 0 radical (unpaired) electrons. The Morgan fingerprint density at radius 2 is 2.00 bits per heavy atom. The first-order valence-corrected chi connectivity index (χ1v) is 8.27. The van der Waals surface area contributed by atoms with Crippen LogP contribution in [0.3, 0.4) is 0 Å². The van der Waals surface area contributed by atoms with Gasteiger partial charge < -0.3 is 10.2 Å². The Hall–Kier alpha value is -2.43. The molecule has 1 amide bonds. The first kappa shape index (κ1) is 16.4. The Labute approximate surface area is 141 Å². The molecule has 1 N–H and O–H groups in total. The molecule has 126 valence electrons. The van der Waals surface area contributed by atoms with Crippen LogP contribution in [0.5, 0.6) is 0 Å². The van der Waals surface area contributed by atoms with Crippen molar-refractivity contribution in [2.75, 3.05) is 18.0 Å². The van der Waals surface area contributed by atoms with Crippen LogP contribution in [-0.4, -0.2) is 30.0 Å². The van der Waals surface area contributed by atoms with Crippen molar-refractivity contribution < 1.29 is 9.18 Å². The lowest BCUT2D eigenvalue weighted by atomic mass is 10.0. The first-order chi connectivity index (χ1) is 11.5. The smallest absolute Gasteiger partial charge is 0.217 e. The average Bonchev–Trinajstić information content (AvgIpc) is 2.58. The largest absolute Gasteiger partial charge is 0.371 e. The van der Waals surface area contributed by atoms with Gasteiger partial charge in [-0.2, -0.15) is 0 Å². The Kier molecular flexibility index (Phi) is 4.79. The SMILES string of the molecule is CC(=O)NC1CCN(c2ccnc(-c3ccc(C)c(F)c3)c2)CC1. The summed E-state index contributed by atoms with van der Waals surface area (Å²) in [5.74, 6) is -0.183. The third kappa shape index (κ3) is 3.72. The Morgan fingerprint density at radius 3 is 2.67 bits per heavy atom. The zero-order valence-corrected chi connectivity index (χ0v) is 14.1. The van der Waals surface area contributed by atoms with Gasteiger partial charge in [0.2, 0.25) is 5.91 Å². The molecule has 0 atom stereocenters. The standard InChI is InChI=1S/C19H22FN3O/c1-13-3-4-15(11-18(13)20)19-12-17(5-8-21-19)23-9-6-16(7-10-23)22-14(2)24/h3-5,8,11-12,16H,6-7,9-10H2,1-2H3,(H,22,24). The maximum absolute atomic E-state index is 13.8. The number of aryl methyl sites for hydroxylation is 1. The van der Waals surface area contributed by atoms with Gasteiger partial charge in [0.15, 0.2) is 0 Å². The van der Waals surface area contributed by atoms with E-state index in [9.17, 15) is 9.18 Å². The number of nitrogens with zero attached hydrogens (tertiary/aromatic N) is 2. The molecular formula is C19H22FN3O. The van der Waals surface area contributed by atoms with E-state index in [1.807, 2.05) is 18.2 Å². The van der Waals surface area contributed by atoms with E-state index < -0.39 is 0 Å². The fourth-order valence-corrected chi connectivity index (χ4v) is 3.10. The van der Waals surface area contributed by atoms with Crippen molar-refractivity contribution in [1.82, 2.24) is 10.3 Å². The minimum atomic E-state index is -0.212. The van der Waals surface area contributed by atoms with Crippen LogP contribution in [0.25, 0.3) is 11.3 Å². The van der Waals surface area contributed by atoms with Gasteiger partial charge in [-0.15, -0.1) is 0 Å². The van der Waals surface area contributed by atoms with Crippen LogP contribution in [0.4, 0.5) is 10.1 Å². The highest BCUT2D eigenvalue weighted by atomic mass is 19.1. The molecule has 1 aromatic carbocycles. The number of rotatable bonds is 3. The molecule has 2 aromatic rings. The van der Waals surface area contributed by atoms with E-state index in [1.54, 1.807) is 26.1 Å². The third-order valence-corrected chi connectivity index (χ3v) is 4.48. The van der Waals surface area contributed by atoms with E-state index in [-0.39, 0.29) is 17.8 Å². The molecule has 0 aliphatic carbocycles. The Bertz CT molecular complexity index is 739. The summed E-state index contributed by atoms with van der Waals surface area (Å²) < 4.78 is 13.8. The molecule has 3 rings (SSSR count). The van der Waals surface area contributed by atoms with Crippen LogP contribution in [0.1, 0.15) is 25.3 Å². The predicted octanol–water partition coefficient (Wildman–Crippen LogP) is 3.30. The maximum Gasteiger partial charge on any atom is 0.217 e. The van der Waals surface area contributed by atoms with Gasteiger partial charge in [-0.05, 0) is 43.5 Å². The topological polar surface area (TPSA) is 45.2 Å². The molecule has 0 unspecified atom stereocenters. The van der Waals surface area contributed by atoms with Crippen LogP contribution in [-0.2, 0) is 4.79 Å². The van der Waals surface area contributed by atoms with Crippen molar-refractivity contribution in [3.8, 4) is 11.3 Å². The van der Waals surface area contributed by atoms with Gasteiger partial charge in [0, 0.05) is 43.5 Å². The summed E-state index contributed by atoms with van der Waals surface area (Å²) in [7, 11) is 0. The number of amides is 1. The fourth-order valence-electron chi connectivity index (χ4n) is 3.10. The number of carbonyl (C=O) groups excluding carboxylic acids is 1. The number of nitrogens with one attached hydrogen (secondary N) is 1. The molecule has 1 aliphatic rings. The first-order valence-electron chi connectivity index (χ1n) is 8.27. The summed E-state index contributed by atoms with van der Waals surface area (Å²) in [6.07, 6.45) is 3.62. The van der Waals surface area contributed by atoms with E-state index in [4.69, 9.17) is 0 Å². The predicted molar refractivity (Wildman–Crippen MR) is 93.4 cm³/mol. The molecule has 0 bridgehead atoms. The third-order valence-electron chi connectivity index (χ3n) is 4.48. The van der Waals surface area contributed by atoms with Gasteiger partial charge in [-0.3, -0.25) is 9.78 Å². The molecule has 1 saturated heterocycles. The lowest BCUT2D eigenvalue weighted by Crippen LogP contribution is -2.44. The molecule has 5 heteroatoms. The zero-order valence-electron chi connectivity index (χ0n) is 14.1. The van der Waals surface area contributed by atoms with Crippen LogP contribution in [0.15, 0.2) is 36.5 Å². The highest BCUT2D eigenvalue weighted by Crippen LogP contribution is 2.26. The summed E-state index contributed by atoms with van der Waals surface area (Å²) in [5.41, 5.74) is 3.28. The van der Waals surface area contributed by atoms with Crippen molar-refractivity contribution in [3.63, 3.8) is 0 Å². The number of aromatic nitrogens is 1. The number of piperidine rings is 1.